The summed E-state index contributed by atoms with van der Waals surface area (Å²) in [5.41, 5.74) is 0.0700. The third-order valence-corrected chi connectivity index (χ3v) is 9.70. The van der Waals surface area contributed by atoms with Crippen LogP contribution in [0.25, 0.3) is 0 Å². The van der Waals surface area contributed by atoms with Crippen molar-refractivity contribution < 1.29 is 28.1 Å². The quantitative estimate of drug-likeness (QED) is 0.288. The molecule has 1 N–H and O–H groups in total. The van der Waals surface area contributed by atoms with Crippen molar-refractivity contribution in [3.63, 3.8) is 0 Å². The van der Waals surface area contributed by atoms with E-state index in [9.17, 15) is 18.6 Å². The molecule has 1 unspecified atom stereocenters. The molecule has 3 rings (SSSR count). The molecular formula is C18H15Br2Cl3N2O6S. The summed E-state index contributed by atoms with van der Waals surface area (Å²) in [4.78, 5) is 38.8. The molecule has 0 aromatic heterocycles. The lowest BCUT2D eigenvalue weighted by atomic mass is 10.0. The van der Waals surface area contributed by atoms with Crippen LogP contribution in [0.1, 0.15) is 6.92 Å². The third kappa shape index (κ3) is 5.28. The van der Waals surface area contributed by atoms with Gasteiger partial charge in [-0.2, -0.15) is 0 Å². The van der Waals surface area contributed by atoms with Crippen LogP contribution >= 0.6 is 66.7 Å². The van der Waals surface area contributed by atoms with Crippen molar-refractivity contribution in [2.24, 2.45) is 0 Å². The highest BCUT2D eigenvalue weighted by Gasteiger charge is 2.62. The van der Waals surface area contributed by atoms with Gasteiger partial charge in [-0.05, 0) is 24.6 Å². The topological polar surface area (TPSA) is 102 Å². The number of alkyl halides is 5. The molecule has 0 aliphatic carbocycles. The van der Waals surface area contributed by atoms with E-state index in [-0.39, 0.29) is 17.9 Å². The SMILES string of the molecule is CC1=C(C(=O)OCC(Cl)(Cl)Cl)N2C(=O)[C@@H](NC(=O)COc3ccccc3)[C@H]2S(=O)C1(Br)Br. The van der Waals surface area contributed by atoms with Crippen LogP contribution in [0.5, 0.6) is 5.75 Å². The molecule has 1 fully saturated rings. The summed E-state index contributed by atoms with van der Waals surface area (Å²) < 4.78 is 20.3. The predicted octanol–water partition coefficient (Wildman–Crippen LogP) is 3.11. The lowest BCUT2D eigenvalue weighted by molar-refractivity contribution is -0.153. The summed E-state index contributed by atoms with van der Waals surface area (Å²) in [6.07, 6.45) is 0. The molecule has 1 saturated heterocycles. The van der Waals surface area contributed by atoms with Crippen molar-refractivity contribution in [2.75, 3.05) is 13.2 Å². The van der Waals surface area contributed by atoms with Crippen molar-refractivity contribution in [1.82, 2.24) is 10.2 Å². The number of fused-ring (bicyclic) bond motifs is 1. The van der Waals surface area contributed by atoms with Crippen molar-refractivity contribution >= 4 is 95.2 Å². The fraction of sp³-hybridized carbons (Fsp3) is 0.389. The van der Waals surface area contributed by atoms with Crippen LogP contribution in [0, 0.1) is 0 Å². The maximum atomic E-state index is 13.1. The first kappa shape index (κ1) is 25.8. The zero-order valence-corrected chi connectivity index (χ0v) is 22.4. The first-order valence-electron chi connectivity index (χ1n) is 8.88. The Morgan fingerprint density at radius 2 is 1.88 bits per heavy atom. The zero-order valence-electron chi connectivity index (χ0n) is 16.2. The van der Waals surface area contributed by atoms with E-state index in [1.54, 1.807) is 30.3 Å². The van der Waals surface area contributed by atoms with Crippen LogP contribution in [0.2, 0.25) is 0 Å². The van der Waals surface area contributed by atoms with Crippen LogP contribution < -0.4 is 10.1 Å². The monoisotopic (exact) mass is 650 g/mol. The summed E-state index contributed by atoms with van der Waals surface area (Å²) in [5, 5.41) is 1.47. The van der Waals surface area contributed by atoms with Crippen LogP contribution in [-0.4, -0.2) is 57.9 Å². The van der Waals surface area contributed by atoms with Gasteiger partial charge in [0.15, 0.2) is 9.17 Å². The fourth-order valence-corrected chi connectivity index (χ4v) is 6.25. The van der Waals surface area contributed by atoms with E-state index in [1.807, 2.05) is 0 Å². The minimum Gasteiger partial charge on any atom is -0.484 e. The predicted molar refractivity (Wildman–Crippen MR) is 127 cm³/mol. The molecule has 8 nitrogen and oxygen atoms in total. The van der Waals surface area contributed by atoms with E-state index < -0.39 is 53.0 Å². The Balaban J connectivity index is 1.76. The molecule has 3 atom stereocenters. The summed E-state index contributed by atoms with van der Waals surface area (Å²) in [7, 11) is -1.79. The summed E-state index contributed by atoms with van der Waals surface area (Å²) in [5.74, 6) is -1.69. The van der Waals surface area contributed by atoms with Gasteiger partial charge in [-0.1, -0.05) is 84.9 Å². The molecule has 1 aromatic rings. The number of carbonyl (C=O) groups is 3. The second-order valence-corrected chi connectivity index (χ2v) is 15.4. The van der Waals surface area contributed by atoms with Crippen LogP contribution in [0.3, 0.4) is 0 Å². The number of hydrogen-bond donors (Lipinski definition) is 1. The van der Waals surface area contributed by atoms with E-state index in [1.165, 1.54) is 6.92 Å². The van der Waals surface area contributed by atoms with Gasteiger partial charge in [0.25, 0.3) is 11.8 Å². The molecule has 2 heterocycles. The Bertz CT molecular complexity index is 1000. The number of β-lactam (4-membered cyclic amide) rings is 1. The van der Waals surface area contributed by atoms with Gasteiger partial charge in [0, 0.05) is 0 Å². The van der Waals surface area contributed by atoms with Gasteiger partial charge < -0.3 is 14.8 Å². The average molecular weight is 654 g/mol. The summed E-state index contributed by atoms with van der Waals surface area (Å²) >= 11 is 23.5. The van der Waals surface area contributed by atoms with Gasteiger partial charge in [-0.15, -0.1) is 0 Å². The Hall–Kier alpha value is -0.850. The Morgan fingerprint density at radius 1 is 1.25 bits per heavy atom. The second-order valence-electron chi connectivity index (χ2n) is 6.72. The number of esters is 1. The number of ether oxygens (including phenoxy) is 2. The molecule has 32 heavy (non-hydrogen) atoms. The van der Waals surface area contributed by atoms with E-state index in [0.29, 0.717) is 5.75 Å². The number of para-hydroxylation sites is 1. The van der Waals surface area contributed by atoms with Gasteiger partial charge in [0.2, 0.25) is 3.79 Å². The molecule has 2 amide bonds. The number of rotatable bonds is 6. The number of carbonyl (C=O) groups excluding carboxylic acids is 3. The molecule has 2 aliphatic rings. The maximum Gasteiger partial charge on any atom is 0.355 e. The molecule has 14 heteroatoms. The van der Waals surface area contributed by atoms with Crippen molar-refractivity contribution in [1.29, 1.82) is 0 Å². The number of amides is 2. The maximum absolute atomic E-state index is 13.1. The van der Waals surface area contributed by atoms with Crippen molar-refractivity contribution in [2.45, 2.75) is 24.7 Å². The van der Waals surface area contributed by atoms with Gasteiger partial charge >= 0.3 is 5.97 Å². The zero-order chi connectivity index (χ0) is 23.8. The Labute approximate surface area is 217 Å². The summed E-state index contributed by atoms with van der Waals surface area (Å²) in [6, 6.07) is 7.50. The molecule has 2 aliphatic heterocycles. The first-order valence-corrected chi connectivity index (χ1v) is 12.8. The van der Waals surface area contributed by atoms with E-state index in [0.717, 1.165) is 4.90 Å². The van der Waals surface area contributed by atoms with Gasteiger partial charge in [-0.25, -0.2) is 4.79 Å². The Kier molecular flexibility index (Phi) is 7.88. The molecule has 174 valence electrons. The molecule has 0 spiro atoms. The van der Waals surface area contributed by atoms with Gasteiger partial charge in [0.05, 0.1) is 10.8 Å². The molecule has 0 radical (unpaired) electrons. The minimum absolute atomic E-state index is 0.159. The number of hydrogen-bond acceptors (Lipinski definition) is 6. The highest BCUT2D eigenvalue weighted by molar-refractivity contribution is 9.28. The lowest BCUT2D eigenvalue weighted by Gasteiger charge is -2.51. The second kappa shape index (κ2) is 9.79. The highest BCUT2D eigenvalue weighted by atomic mass is 79.9. The number of halogens is 5. The Morgan fingerprint density at radius 3 is 2.47 bits per heavy atom. The fourth-order valence-electron chi connectivity index (χ4n) is 3.02. The highest BCUT2D eigenvalue weighted by Crippen LogP contribution is 2.50. The average Bonchev–Trinajstić information content (AvgIpc) is 2.73. The summed E-state index contributed by atoms with van der Waals surface area (Å²) in [6.45, 7) is 0.585. The smallest absolute Gasteiger partial charge is 0.355 e. The first-order chi connectivity index (χ1) is 14.8. The number of benzene rings is 1. The van der Waals surface area contributed by atoms with E-state index in [4.69, 9.17) is 44.3 Å². The molecule has 0 saturated carbocycles. The van der Waals surface area contributed by atoms with E-state index >= 15 is 0 Å². The molecule has 0 bridgehead atoms. The molecular weight excluding hydrogens is 638 g/mol. The number of nitrogens with zero attached hydrogens (tertiary/aromatic N) is 1. The normalized spacial score (nSPS) is 24.4. The number of nitrogens with one attached hydrogen (secondary N) is 1. The minimum atomic E-state index is -1.85. The van der Waals surface area contributed by atoms with Gasteiger partial charge in [0.1, 0.15) is 29.5 Å². The van der Waals surface area contributed by atoms with Crippen molar-refractivity contribution in [3.05, 3.63) is 41.6 Å². The van der Waals surface area contributed by atoms with E-state index in [2.05, 4.69) is 37.2 Å². The van der Waals surface area contributed by atoms with Crippen LogP contribution in [0.15, 0.2) is 41.6 Å². The standard InChI is InChI=1S/C18H15Br2Cl3N2O6S/c1-9-13(16(28)31-8-17(21,22)23)25-14(27)12(15(25)32(29)18(9,19)20)24-11(26)7-30-10-5-3-2-4-6-10/h2-6,12,15H,7-8H2,1H3,(H,24,26)/t12-,15-,32?/m1/s1. The van der Waals surface area contributed by atoms with Crippen molar-refractivity contribution in [3.8, 4) is 5.75 Å². The third-order valence-electron chi connectivity index (χ3n) is 4.54. The van der Waals surface area contributed by atoms with Crippen LogP contribution in [0.4, 0.5) is 0 Å². The molecule has 1 aromatic carbocycles. The lowest BCUT2D eigenvalue weighted by Crippen LogP contribution is -2.75. The van der Waals surface area contributed by atoms with Gasteiger partial charge in [-0.3, -0.25) is 18.7 Å². The van der Waals surface area contributed by atoms with Crippen LogP contribution in [-0.2, 0) is 29.9 Å². The largest absolute Gasteiger partial charge is 0.484 e.